The Kier molecular flexibility index (Phi) is 7.35. The number of Topliss-reactive ketones (excluding diaryl/α,β-unsaturated/α-hetero) is 1. The van der Waals surface area contributed by atoms with E-state index in [4.69, 9.17) is 14.5 Å². The van der Waals surface area contributed by atoms with E-state index < -0.39 is 12.3 Å². The summed E-state index contributed by atoms with van der Waals surface area (Å²) in [6.45, 7) is 2.56. The molecule has 2 aromatic heterocycles. The van der Waals surface area contributed by atoms with E-state index in [-0.39, 0.29) is 31.0 Å². The highest BCUT2D eigenvalue weighted by Crippen LogP contribution is 2.34. The van der Waals surface area contributed by atoms with Gasteiger partial charge in [0.25, 0.3) is 0 Å². The van der Waals surface area contributed by atoms with Crippen LogP contribution in [-0.2, 0) is 5.60 Å². The number of nitrogens with one attached hydrogen (secondary N) is 1. The molecule has 8 heteroatoms. The molecular weight excluding hydrogens is 466 g/mol. The molecule has 0 spiro atoms. The summed E-state index contributed by atoms with van der Waals surface area (Å²) in [7, 11) is 1.44. The maximum absolute atomic E-state index is 13.8. The molecule has 0 fully saturated rings. The second-order valence-corrected chi connectivity index (χ2v) is 8.86. The minimum Gasteiger partial charge on any atom is -0.493 e. The minimum atomic E-state index is -1.40. The Morgan fingerprint density at radius 3 is 2.67 bits per heavy atom. The van der Waals surface area contributed by atoms with Gasteiger partial charge in [0.05, 0.1) is 24.0 Å². The van der Waals surface area contributed by atoms with Crippen molar-refractivity contribution < 1.29 is 28.2 Å². The van der Waals surface area contributed by atoms with Gasteiger partial charge in [-0.15, -0.1) is 0 Å². The van der Waals surface area contributed by atoms with Crippen LogP contribution in [0.25, 0.3) is 22.2 Å². The number of hydrogen-bond acceptors (Lipinski definition) is 5. The molecule has 1 atom stereocenters. The zero-order chi connectivity index (χ0) is 25.9. The first-order valence-corrected chi connectivity index (χ1v) is 11.6. The van der Waals surface area contributed by atoms with Crippen molar-refractivity contribution in [3.63, 3.8) is 0 Å². The largest absolute Gasteiger partial charge is 0.493 e. The summed E-state index contributed by atoms with van der Waals surface area (Å²) in [4.78, 5) is 20.8. The lowest BCUT2D eigenvalue weighted by Gasteiger charge is -2.23. The van der Waals surface area contributed by atoms with Gasteiger partial charge in [-0.05, 0) is 74.4 Å². The Bertz CT molecular complexity index is 1400. The van der Waals surface area contributed by atoms with E-state index in [1.54, 1.807) is 56.4 Å². The van der Waals surface area contributed by atoms with Crippen LogP contribution < -0.4 is 9.47 Å². The topological polar surface area (TPSA) is 84.4 Å². The summed E-state index contributed by atoms with van der Waals surface area (Å²) in [5.41, 5.74) is 1.98. The molecule has 0 unspecified atom stereocenters. The first-order chi connectivity index (χ1) is 17.2. The predicted molar refractivity (Wildman–Crippen MR) is 134 cm³/mol. The van der Waals surface area contributed by atoms with Gasteiger partial charge in [-0.2, -0.15) is 0 Å². The quantitative estimate of drug-likeness (QED) is 0.268. The van der Waals surface area contributed by atoms with Gasteiger partial charge in [0.15, 0.2) is 17.3 Å². The van der Waals surface area contributed by atoms with Crippen molar-refractivity contribution in [3.05, 3.63) is 77.4 Å². The van der Waals surface area contributed by atoms with Gasteiger partial charge in [-0.1, -0.05) is 0 Å². The van der Waals surface area contributed by atoms with Crippen LogP contribution in [0.5, 0.6) is 11.5 Å². The van der Waals surface area contributed by atoms with Crippen LogP contribution in [0.15, 0.2) is 54.7 Å². The number of hydrogen-bond donors (Lipinski definition) is 2. The molecule has 0 aliphatic rings. The molecule has 4 rings (SSSR count). The summed E-state index contributed by atoms with van der Waals surface area (Å²) in [6.07, 6.45) is 1.96. The lowest BCUT2D eigenvalue weighted by molar-refractivity contribution is 0.0399. The maximum atomic E-state index is 13.8. The van der Waals surface area contributed by atoms with Crippen LogP contribution >= 0.6 is 0 Å². The number of pyridine rings is 1. The molecule has 0 bridgehead atoms. The summed E-state index contributed by atoms with van der Waals surface area (Å²) in [5.74, 6) is 0.190. The lowest BCUT2D eigenvalue weighted by Crippen LogP contribution is -2.24. The summed E-state index contributed by atoms with van der Waals surface area (Å²) in [5, 5.41) is 12.2. The van der Waals surface area contributed by atoms with Gasteiger partial charge in [-0.3, -0.25) is 4.79 Å². The molecular formula is C28H28F2N2O4. The van der Waals surface area contributed by atoms with Crippen molar-refractivity contribution in [2.75, 3.05) is 20.4 Å². The first-order valence-electron chi connectivity index (χ1n) is 11.6. The maximum Gasteiger partial charge on any atom is 0.163 e. The minimum absolute atomic E-state index is 0.0542. The average Bonchev–Trinajstić information content (AvgIpc) is 3.36. The number of H-pyrrole nitrogens is 1. The highest BCUT2D eigenvalue weighted by Gasteiger charge is 2.28. The van der Waals surface area contributed by atoms with Crippen molar-refractivity contribution in [2.45, 2.75) is 32.3 Å². The number of carbonyl (C=O) groups excluding carboxylic acids is 1. The number of benzene rings is 2. The molecule has 36 heavy (non-hydrogen) atoms. The number of nitrogens with zero attached hydrogens (tertiary/aromatic N) is 1. The fourth-order valence-electron chi connectivity index (χ4n) is 4.08. The third kappa shape index (κ3) is 5.23. The molecule has 0 aliphatic heterocycles. The standard InChI is InChI=1S/C28H28F2N2O4/c1-17-14-19(4-6-21(17)30)27-26-20(9-12-31-26)16-25(32-27)28(2,34)10-8-22(33)18-5-7-23(36-13-11-29)24(15-18)35-3/h4-7,9,12,14-16,31,34H,8,10-11,13H2,1-3H3/t28-/m0/s1. The third-order valence-electron chi connectivity index (χ3n) is 6.18. The van der Waals surface area contributed by atoms with Gasteiger partial charge in [0, 0.05) is 29.1 Å². The van der Waals surface area contributed by atoms with E-state index in [2.05, 4.69) is 4.98 Å². The molecule has 2 N–H and O–H groups in total. The number of aliphatic hydroxyl groups is 1. The highest BCUT2D eigenvalue weighted by molar-refractivity contribution is 5.97. The van der Waals surface area contributed by atoms with E-state index in [0.29, 0.717) is 34.0 Å². The van der Waals surface area contributed by atoms with Crippen LogP contribution in [0.2, 0.25) is 0 Å². The summed E-state index contributed by atoms with van der Waals surface area (Å²) < 4.78 is 36.8. The second kappa shape index (κ2) is 10.5. The number of halogens is 2. The van der Waals surface area contributed by atoms with Crippen molar-refractivity contribution >= 4 is 16.7 Å². The number of fused-ring (bicyclic) bond motifs is 1. The zero-order valence-electron chi connectivity index (χ0n) is 20.4. The van der Waals surface area contributed by atoms with Gasteiger partial charge >= 0.3 is 0 Å². The van der Waals surface area contributed by atoms with E-state index in [1.807, 2.05) is 6.07 Å². The summed E-state index contributed by atoms with van der Waals surface area (Å²) >= 11 is 0. The Morgan fingerprint density at radius 1 is 1.14 bits per heavy atom. The molecule has 188 valence electrons. The second-order valence-electron chi connectivity index (χ2n) is 8.86. The number of aromatic amines is 1. The number of methoxy groups -OCH3 is 1. The molecule has 2 heterocycles. The molecule has 0 aliphatic carbocycles. The number of alkyl halides is 1. The fourth-order valence-corrected chi connectivity index (χ4v) is 4.08. The van der Waals surface area contributed by atoms with Crippen LogP contribution in [0.4, 0.5) is 8.78 Å². The third-order valence-corrected chi connectivity index (χ3v) is 6.18. The number of ether oxygens (including phenoxy) is 2. The Hall–Kier alpha value is -3.78. The molecule has 0 saturated carbocycles. The first kappa shape index (κ1) is 25.3. The van der Waals surface area contributed by atoms with Gasteiger partial charge in [0.1, 0.15) is 24.7 Å². The Morgan fingerprint density at radius 2 is 1.94 bits per heavy atom. The zero-order valence-corrected chi connectivity index (χ0v) is 20.4. The monoisotopic (exact) mass is 494 g/mol. The van der Waals surface area contributed by atoms with Crippen LogP contribution in [0.3, 0.4) is 0 Å². The van der Waals surface area contributed by atoms with E-state index >= 15 is 0 Å². The SMILES string of the molecule is COc1cc(C(=O)CC[C@](C)(O)c2cc3cc[nH]c3c(-c3ccc(F)c(C)c3)n2)ccc1OCCF. The molecule has 0 saturated heterocycles. The highest BCUT2D eigenvalue weighted by atomic mass is 19.1. The van der Waals surface area contributed by atoms with Crippen LogP contribution in [0, 0.1) is 12.7 Å². The number of carbonyl (C=O) groups is 1. The van der Waals surface area contributed by atoms with Crippen molar-refractivity contribution in [3.8, 4) is 22.8 Å². The molecule has 0 radical (unpaired) electrons. The fraction of sp³-hybridized carbons (Fsp3) is 0.286. The lowest BCUT2D eigenvalue weighted by atomic mass is 9.91. The number of aryl methyl sites for hydroxylation is 1. The smallest absolute Gasteiger partial charge is 0.163 e. The molecule has 4 aromatic rings. The Labute approximate surface area is 207 Å². The Balaban J connectivity index is 1.58. The van der Waals surface area contributed by atoms with Crippen molar-refractivity contribution in [2.24, 2.45) is 0 Å². The van der Waals surface area contributed by atoms with E-state index in [0.717, 1.165) is 16.5 Å². The van der Waals surface area contributed by atoms with Crippen LogP contribution in [-0.4, -0.2) is 41.2 Å². The number of ketones is 1. The normalized spacial score (nSPS) is 12.9. The molecule has 6 nitrogen and oxygen atoms in total. The summed E-state index contributed by atoms with van der Waals surface area (Å²) in [6, 6.07) is 13.1. The number of aromatic nitrogens is 2. The molecule has 0 amide bonds. The predicted octanol–water partition coefficient (Wildman–Crippen LogP) is 5.90. The van der Waals surface area contributed by atoms with Gasteiger partial charge in [0.2, 0.25) is 0 Å². The van der Waals surface area contributed by atoms with Gasteiger partial charge < -0.3 is 19.6 Å². The number of rotatable bonds is 10. The van der Waals surface area contributed by atoms with Crippen molar-refractivity contribution in [1.29, 1.82) is 0 Å². The van der Waals surface area contributed by atoms with E-state index in [9.17, 15) is 18.7 Å². The average molecular weight is 495 g/mol. The van der Waals surface area contributed by atoms with Gasteiger partial charge in [-0.25, -0.2) is 13.8 Å². The van der Waals surface area contributed by atoms with Crippen molar-refractivity contribution in [1.82, 2.24) is 9.97 Å². The van der Waals surface area contributed by atoms with Crippen LogP contribution in [0.1, 0.15) is 41.4 Å². The molecule has 2 aromatic carbocycles. The van der Waals surface area contributed by atoms with E-state index in [1.165, 1.54) is 13.2 Å².